The summed E-state index contributed by atoms with van der Waals surface area (Å²) in [5.74, 6) is -19.5. The van der Waals surface area contributed by atoms with E-state index in [1.165, 1.54) is 27.7 Å². The van der Waals surface area contributed by atoms with Crippen LogP contribution in [0.2, 0.25) is 0 Å². The summed E-state index contributed by atoms with van der Waals surface area (Å²) >= 11 is 0. The zero-order valence-electron chi connectivity index (χ0n) is 53.7. The van der Waals surface area contributed by atoms with Gasteiger partial charge in [-0.15, -0.1) is 0 Å². The molecule has 1 aliphatic rings. The molecule has 0 aromatic heterocycles. The van der Waals surface area contributed by atoms with E-state index in [0.29, 0.717) is 0 Å². The number of carbonyl (C=O) groups is 18. The minimum atomic E-state index is -1.87. The summed E-state index contributed by atoms with van der Waals surface area (Å²) in [6.07, 6.45) is -5.34. The molecule has 1 fully saturated rings. The first kappa shape index (κ1) is 82.4. The Balaban J connectivity index is 2.98. The van der Waals surface area contributed by atoms with Gasteiger partial charge in [0.15, 0.2) is 0 Å². The zero-order valence-corrected chi connectivity index (χ0v) is 53.7. The van der Waals surface area contributed by atoms with Crippen LogP contribution in [0.15, 0.2) is 0 Å². The number of hydrogen-bond donors (Lipinski definition) is 19. The molecule has 14 amide bonds. The lowest BCUT2D eigenvalue weighted by Crippen LogP contribution is -2.61. The highest BCUT2D eigenvalue weighted by molar-refractivity contribution is 5.99. The third-order valence-electron chi connectivity index (χ3n) is 14.2. The van der Waals surface area contributed by atoms with Gasteiger partial charge in [-0.2, -0.15) is 0 Å². The number of primary amides is 1. The molecule has 0 aliphatic carbocycles. The smallest absolute Gasteiger partial charge is 0.326 e. The fourth-order valence-electron chi connectivity index (χ4n) is 8.92. The molecule has 0 radical (unpaired) electrons. The van der Waals surface area contributed by atoms with Crippen LogP contribution in [-0.2, 0) is 86.3 Å². The molecule has 1 rings (SSSR count). The number of nitrogens with one attached hydrogen (secondary N) is 12. The number of likely N-dealkylation sites (tertiary alicyclic amines) is 1. The zero-order chi connectivity index (χ0) is 72.0. The number of aliphatic carboxylic acids is 4. The highest BCUT2D eigenvalue weighted by Gasteiger charge is 2.40. The van der Waals surface area contributed by atoms with E-state index in [-0.39, 0.29) is 44.6 Å². The second-order valence-electron chi connectivity index (χ2n) is 23.2. The van der Waals surface area contributed by atoms with Crippen molar-refractivity contribution in [2.45, 2.75) is 212 Å². The van der Waals surface area contributed by atoms with Crippen LogP contribution < -0.4 is 75.3 Å². The van der Waals surface area contributed by atoms with Crippen LogP contribution in [0.25, 0.3) is 0 Å². The van der Waals surface area contributed by atoms with Crippen LogP contribution >= 0.6 is 0 Å². The Morgan fingerprint density at radius 1 is 0.447 bits per heavy atom. The Bertz CT molecular complexity index is 2780. The predicted molar refractivity (Wildman–Crippen MR) is 323 cm³/mol. The molecular weight excluding hydrogens is 1250 g/mol. The number of carbonyl (C=O) groups excluding carboxylic acids is 14. The molecule has 94 heavy (non-hydrogen) atoms. The van der Waals surface area contributed by atoms with Crippen molar-refractivity contribution in [3.63, 3.8) is 0 Å². The topological polar surface area (TPSA) is 608 Å². The number of nitrogens with zero attached hydrogens (tertiary/aromatic N) is 1. The van der Waals surface area contributed by atoms with Crippen molar-refractivity contribution in [1.82, 2.24) is 68.7 Å². The third-order valence-corrected chi connectivity index (χ3v) is 14.2. The molecule has 13 atom stereocenters. The molecule has 0 bridgehead atoms. The van der Waals surface area contributed by atoms with Crippen LogP contribution in [0, 0.1) is 11.8 Å². The summed E-state index contributed by atoms with van der Waals surface area (Å²) in [5.41, 5.74) is 11.0. The van der Waals surface area contributed by atoms with Gasteiger partial charge in [0, 0.05) is 32.2 Å². The van der Waals surface area contributed by atoms with Gasteiger partial charge in [-0.05, 0) is 91.4 Å². The minimum absolute atomic E-state index is 0.0226. The summed E-state index contributed by atoms with van der Waals surface area (Å²) in [5, 5.41) is 74.9. The Morgan fingerprint density at radius 2 is 0.883 bits per heavy atom. The van der Waals surface area contributed by atoms with Gasteiger partial charge in [-0.25, -0.2) is 4.79 Å². The third kappa shape index (κ3) is 30.2. The molecule has 1 aliphatic heterocycles. The fraction of sp³-hybridized carbons (Fsp3) is 0.679. The molecule has 528 valence electrons. The minimum Gasteiger partial charge on any atom is -0.481 e. The van der Waals surface area contributed by atoms with Crippen molar-refractivity contribution in [3.05, 3.63) is 0 Å². The van der Waals surface area contributed by atoms with Gasteiger partial charge < -0.3 is 106 Å². The van der Waals surface area contributed by atoms with Gasteiger partial charge in [0.1, 0.15) is 66.5 Å². The van der Waals surface area contributed by atoms with E-state index in [4.69, 9.17) is 21.7 Å². The number of carboxylic acids is 4. The highest BCUT2D eigenvalue weighted by Crippen LogP contribution is 2.19. The van der Waals surface area contributed by atoms with Gasteiger partial charge in [0.2, 0.25) is 82.7 Å². The van der Waals surface area contributed by atoms with Crippen LogP contribution in [0.5, 0.6) is 0 Å². The van der Waals surface area contributed by atoms with E-state index >= 15 is 0 Å². The Hall–Kier alpha value is -9.62. The molecule has 38 nitrogen and oxygen atoms in total. The van der Waals surface area contributed by atoms with E-state index in [1.54, 1.807) is 27.7 Å². The first-order valence-electron chi connectivity index (χ1n) is 30.1. The van der Waals surface area contributed by atoms with Crippen LogP contribution in [-0.4, -0.2) is 235 Å². The average molecular weight is 1340 g/mol. The summed E-state index contributed by atoms with van der Waals surface area (Å²) in [6.45, 7) is 11.2. The maximum Gasteiger partial charge on any atom is 0.326 e. The van der Waals surface area contributed by atoms with Gasteiger partial charge in [0.25, 0.3) is 0 Å². The molecular formula is C56H91N15O23. The lowest BCUT2D eigenvalue weighted by molar-refractivity contribution is -0.144. The number of hydrogen-bond acceptors (Lipinski definition) is 20. The van der Waals surface area contributed by atoms with Crippen LogP contribution in [0.4, 0.5) is 0 Å². The second-order valence-corrected chi connectivity index (χ2v) is 23.2. The lowest BCUT2D eigenvalue weighted by atomic mass is 10.0. The van der Waals surface area contributed by atoms with E-state index in [0.717, 1.165) is 11.8 Å². The van der Waals surface area contributed by atoms with Gasteiger partial charge in [0.05, 0.1) is 25.2 Å². The summed E-state index contributed by atoms with van der Waals surface area (Å²) < 4.78 is 0. The fourth-order valence-corrected chi connectivity index (χ4v) is 8.92. The molecule has 0 aromatic rings. The molecule has 1 saturated heterocycles. The van der Waals surface area contributed by atoms with Gasteiger partial charge in [-0.1, -0.05) is 27.7 Å². The Kier molecular flexibility index (Phi) is 35.4. The quantitative estimate of drug-likeness (QED) is 0.0270. The van der Waals surface area contributed by atoms with Crippen molar-refractivity contribution >= 4 is 107 Å². The van der Waals surface area contributed by atoms with Crippen molar-refractivity contribution in [2.75, 3.05) is 19.6 Å². The number of rotatable bonds is 42. The first-order valence-corrected chi connectivity index (χ1v) is 30.1. The predicted octanol–water partition coefficient (Wildman–Crippen LogP) is -7.51. The molecule has 21 N–H and O–H groups in total. The monoisotopic (exact) mass is 1340 g/mol. The van der Waals surface area contributed by atoms with E-state index in [1.807, 2.05) is 5.32 Å². The Labute approximate surface area is 540 Å². The molecule has 0 spiro atoms. The number of aliphatic hydroxyl groups excluding tert-OH is 1. The normalized spacial score (nSPS) is 16.5. The average Bonchev–Trinajstić information content (AvgIpc) is 1.62. The number of aliphatic hydroxyl groups is 1. The molecule has 1 heterocycles. The van der Waals surface area contributed by atoms with Crippen molar-refractivity contribution in [2.24, 2.45) is 23.3 Å². The Morgan fingerprint density at radius 3 is 1.39 bits per heavy atom. The largest absolute Gasteiger partial charge is 0.481 e. The maximum atomic E-state index is 13.8. The number of carboxylic acid groups (broad SMARTS) is 4. The van der Waals surface area contributed by atoms with Crippen molar-refractivity contribution in [1.29, 1.82) is 0 Å². The van der Waals surface area contributed by atoms with Crippen molar-refractivity contribution < 1.29 is 112 Å². The second kappa shape index (κ2) is 40.4. The molecule has 38 heteroatoms. The maximum absolute atomic E-state index is 13.8. The lowest BCUT2D eigenvalue weighted by Gasteiger charge is -2.29. The van der Waals surface area contributed by atoms with E-state index < -0.39 is 243 Å². The number of nitrogens with two attached hydrogens (primary N) is 2. The molecule has 0 aromatic carbocycles. The van der Waals surface area contributed by atoms with Gasteiger partial charge in [-0.3, -0.25) is 81.5 Å². The summed E-state index contributed by atoms with van der Waals surface area (Å²) in [6, 6.07) is -17.4. The first-order chi connectivity index (χ1) is 43.7. The summed E-state index contributed by atoms with van der Waals surface area (Å²) in [4.78, 5) is 230. The summed E-state index contributed by atoms with van der Waals surface area (Å²) in [7, 11) is 0. The highest BCUT2D eigenvalue weighted by atomic mass is 16.4. The SMILES string of the molecule is CC(C)C[C@H](NC(=O)[C@H](C)NC(=O)[C@@H](N)CCC(=O)O)C(=O)NCC(=O)N[C@H](C(=O)NCC(=O)N[C@@H](C)C(=O)N[C@@H](CCC(N)=O)C(=O)N[C@@H](C)C(=O)N1CCC[C@H]1C(=O)N[C@@H](C)C(=O)N[C@H](C(=O)N[C@@H](CCC(=O)O)C(=O)N[C@@H](CCC(=O)O)C(=O)O)[C@@H](C)O)C(C)C. The standard InChI is InChI=1S/C56H91N15O23/c1-24(2)21-35(68-46(83)27(6)62-48(85)31(57)12-17-40(76)77)49(86)59-23-39(75)69-43(25(3)4)53(90)60-22-38(74)61-26(5)45(82)65-32(13-16-37(58)73)50(87)64-29(8)55(92)71-20-10-11-36(71)52(89)63-28(7)47(84)70-44(30(9)72)54(91)66-33(14-18-41(78)79)51(88)67-34(56(93)94)15-19-42(80)81/h24-36,43-44,72H,10-23,57H2,1-9H3,(H2,58,73)(H,59,86)(H,60,90)(H,61,74)(H,62,85)(H,63,89)(H,64,87)(H,65,82)(H,66,91)(H,67,88)(H,68,83)(H,69,75)(H,70,84)(H,76,77)(H,78,79)(H,80,81)(H,93,94)/t26-,27-,28-,29-,30+,31-,32-,33-,34-,35-,36-,43-,44-/m0/s1. The van der Waals surface area contributed by atoms with E-state index in [2.05, 4.69) is 58.5 Å². The van der Waals surface area contributed by atoms with Gasteiger partial charge >= 0.3 is 23.9 Å². The van der Waals surface area contributed by atoms with Crippen LogP contribution in [0.3, 0.4) is 0 Å². The molecule has 0 unspecified atom stereocenters. The van der Waals surface area contributed by atoms with Crippen molar-refractivity contribution in [3.8, 4) is 0 Å². The van der Waals surface area contributed by atoms with Crippen LogP contribution in [0.1, 0.15) is 133 Å². The molecule has 0 saturated carbocycles. The number of amides is 14. The van der Waals surface area contributed by atoms with E-state index in [9.17, 15) is 102 Å².